The molecule has 1 heterocycles. The fourth-order valence-electron chi connectivity index (χ4n) is 2.27. The summed E-state index contributed by atoms with van der Waals surface area (Å²) in [6.07, 6.45) is 5.61. The Labute approximate surface area is 112 Å². The highest BCUT2D eigenvalue weighted by molar-refractivity contribution is 6.32. The van der Waals surface area contributed by atoms with Gasteiger partial charge in [0.2, 0.25) is 5.95 Å². The third-order valence-electron chi connectivity index (χ3n) is 3.37. The number of hydrogen-bond acceptors (Lipinski definition) is 5. The Morgan fingerprint density at radius 3 is 2.94 bits per heavy atom. The highest BCUT2D eigenvalue weighted by atomic mass is 35.5. The molecular weight excluding hydrogens is 252 g/mol. The highest BCUT2D eigenvalue weighted by Crippen LogP contribution is 2.26. The molecule has 1 aliphatic rings. The summed E-state index contributed by atoms with van der Waals surface area (Å²) >= 11 is 6.03. The van der Waals surface area contributed by atoms with Crippen LogP contribution in [0, 0.1) is 5.92 Å². The lowest BCUT2D eigenvalue weighted by molar-refractivity contribution is 0.0763. The van der Waals surface area contributed by atoms with Crippen molar-refractivity contribution in [2.75, 3.05) is 24.2 Å². The zero-order valence-corrected chi connectivity index (χ0v) is 11.2. The van der Waals surface area contributed by atoms with Crippen molar-refractivity contribution in [2.24, 2.45) is 5.92 Å². The molecule has 0 saturated heterocycles. The van der Waals surface area contributed by atoms with Gasteiger partial charge in [0.05, 0.1) is 12.3 Å². The molecular formula is C12H19ClN4O. The van der Waals surface area contributed by atoms with Gasteiger partial charge in [0, 0.05) is 19.5 Å². The first-order valence-electron chi connectivity index (χ1n) is 6.33. The molecule has 1 fully saturated rings. The minimum absolute atomic E-state index is 0.212. The van der Waals surface area contributed by atoms with E-state index < -0.39 is 0 Å². The summed E-state index contributed by atoms with van der Waals surface area (Å²) in [6, 6.07) is 0. The zero-order valence-electron chi connectivity index (χ0n) is 10.5. The lowest BCUT2D eigenvalue weighted by atomic mass is 9.86. The van der Waals surface area contributed by atoms with Crippen LogP contribution in [0.25, 0.3) is 0 Å². The Morgan fingerprint density at radius 1 is 1.44 bits per heavy atom. The molecule has 100 valence electrons. The van der Waals surface area contributed by atoms with Crippen LogP contribution in [0.3, 0.4) is 0 Å². The van der Waals surface area contributed by atoms with Crippen LogP contribution in [-0.4, -0.2) is 34.8 Å². The lowest BCUT2D eigenvalue weighted by Crippen LogP contribution is -2.30. The van der Waals surface area contributed by atoms with Gasteiger partial charge in [0.25, 0.3) is 0 Å². The molecule has 6 heteroatoms. The fraction of sp³-hybridized carbons (Fsp3) is 0.667. The second kappa shape index (κ2) is 6.20. The summed E-state index contributed by atoms with van der Waals surface area (Å²) in [5.41, 5.74) is 0. The van der Waals surface area contributed by atoms with Gasteiger partial charge in [0.1, 0.15) is 10.8 Å². The maximum atomic E-state index is 9.90. The van der Waals surface area contributed by atoms with E-state index in [0.29, 0.717) is 23.3 Å². The Hall–Kier alpha value is -1.07. The molecule has 2 unspecified atom stereocenters. The van der Waals surface area contributed by atoms with Crippen LogP contribution in [0.4, 0.5) is 11.8 Å². The summed E-state index contributed by atoms with van der Waals surface area (Å²) in [7, 11) is 1.76. The van der Waals surface area contributed by atoms with Crippen molar-refractivity contribution in [3.8, 4) is 0 Å². The second-order valence-electron chi connectivity index (χ2n) is 4.63. The molecule has 5 nitrogen and oxygen atoms in total. The Balaban J connectivity index is 1.96. The van der Waals surface area contributed by atoms with E-state index in [4.69, 9.17) is 11.6 Å². The molecule has 0 radical (unpaired) electrons. The fourth-order valence-corrected chi connectivity index (χ4v) is 2.42. The van der Waals surface area contributed by atoms with E-state index in [1.54, 1.807) is 13.2 Å². The number of halogens is 1. The van der Waals surface area contributed by atoms with Crippen LogP contribution in [-0.2, 0) is 0 Å². The number of rotatable bonds is 4. The highest BCUT2D eigenvalue weighted by Gasteiger charge is 2.23. The summed E-state index contributed by atoms with van der Waals surface area (Å²) in [4.78, 5) is 8.28. The van der Waals surface area contributed by atoms with E-state index in [1.165, 1.54) is 6.42 Å². The van der Waals surface area contributed by atoms with Crippen LogP contribution in [0.15, 0.2) is 6.20 Å². The predicted octanol–water partition coefficient (Wildman–Crippen LogP) is 2.13. The van der Waals surface area contributed by atoms with Gasteiger partial charge in [-0.15, -0.1) is 0 Å². The van der Waals surface area contributed by atoms with Gasteiger partial charge >= 0.3 is 0 Å². The molecule has 2 rings (SSSR count). The molecule has 3 N–H and O–H groups in total. The Kier molecular flexibility index (Phi) is 4.60. The number of hydrogen-bond donors (Lipinski definition) is 3. The number of anilines is 2. The van der Waals surface area contributed by atoms with Gasteiger partial charge in [-0.05, 0) is 12.8 Å². The number of aliphatic hydroxyl groups is 1. The van der Waals surface area contributed by atoms with Gasteiger partial charge in [0.15, 0.2) is 0 Å². The smallest absolute Gasteiger partial charge is 0.224 e. The number of nitrogens with one attached hydrogen (secondary N) is 2. The van der Waals surface area contributed by atoms with Gasteiger partial charge in [-0.25, -0.2) is 4.98 Å². The second-order valence-corrected chi connectivity index (χ2v) is 5.04. The van der Waals surface area contributed by atoms with Gasteiger partial charge < -0.3 is 15.7 Å². The molecule has 0 spiro atoms. The molecule has 18 heavy (non-hydrogen) atoms. The van der Waals surface area contributed by atoms with E-state index in [-0.39, 0.29) is 12.0 Å². The molecule has 0 aromatic carbocycles. The van der Waals surface area contributed by atoms with Crippen LogP contribution < -0.4 is 10.6 Å². The molecule has 0 aliphatic heterocycles. The molecule has 1 aliphatic carbocycles. The van der Waals surface area contributed by atoms with Gasteiger partial charge in [-0.2, -0.15) is 4.98 Å². The SMILES string of the molecule is CNc1ncc(Cl)c(NCC2CCCCC2O)n1. The third kappa shape index (κ3) is 3.23. The molecule has 1 aromatic heterocycles. The van der Waals surface area contributed by atoms with Crippen molar-refractivity contribution in [3.63, 3.8) is 0 Å². The van der Waals surface area contributed by atoms with Crippen LogP contribution in [0.1, 0.15) is 25.7 Å². The summed E-state index contributed by atoms with van der Waals surface area (Å²) in [5.74, 6) is 1.43. The van der Waals surface area contributed by atoms with E-state index in [1.807, 2.05) is 0 Å². The maximum absolute atomic E-state index is 9.90. The zero-order chi connectivity index (χ0) is 13.0. The van der Waals surface area contributed by atoms with Crippen molar-refractivity contribution < 1.29 is 5.11 Å². The summed E-state index contributed by atoms with van der Waals surface area (Å²) in [6.45, 7) is 0.695. The average Bonchev–Trinajstić information content (AvgIpc) is 2.39. The largest absolute Gasteiger partial charge is 0.393 e. The quantitative estimate of drug-likeness (QED) is 0.782. The van der Waals surface area contributed by atoms with E-state index in [2.05, 4.69) is 20.6 Å². The van der Waals surface area contributed by atoms with Crippen molar-refractivity contribution in [1.82, 2.24) is 9.97 Å². The summed E-state index contributed by atoms with van der Waals surface area (Å²) in [5, 5.41) is 16.5. The first-order valence-corrected chi connectivity index (χ1v) is 6.70. The first-order chi connectivity index (χ1) is 8.70. The molecule has 0 bridgehead atoms. The predicted molar refractivity (Wildman–Crippen MR) is 73.0 cm³/mol. The molecule has 1 saturated carbocycles. The average molecular weight is 271 g/mol. The Bertz CT molecular complexity index is 402. The Morgan fingerprint density at radius 2 is 2.22 bits per heavy atom. The molecule has 0 amide bonds. The van der Waals surface area contributed by atoms with E-state index >= 15 is 0 Å². The number of aliphatic hydroxyl groups excluding tert-OH is 1. The minimum atomic E-state index is -0.212. The number of aromatic nitrogens is 2. The molecule has 2 atom stereocenters. The number of nitrogens with zero attached hydrogens (tertiary/aromatic N) is 2. The third-order valence-corrected chi connectivity index (χ3v) is 3.64. The van der Waals surface area contributed by atoms with Crippen LogP contribution in [0.2, 0.25) is 5.02 Å². The molecule has 1 aromatic rings. The lowest BCUT2D eigenvalue weighted by Gasteiger charge is -2.27. The normalized spacial score (nSPS) is 23.7. The van der Waals surface area contributed by atoms with Gasteiger partial charge in [-0.3, -0.25) is 0 Å². The van der Waals surface area contributed by atoms with E-state index in [0.717, 1.165) is 19.3 Å². The first kappa shape index (κ1) is 13.4. The monoisotopic (exact) mass is 270 g/mol. The van der Waals surface area contributed by atoms with Crippen LogP contribution in [0.5, 0.6) is 0 Å². The van der Waals surface area contributed by atoms with Gasteiger partial charge in [-0.1, -0.05) is 24.4 Å². The summed E-state index contributed by atoms with van der Waals surface area (Å²) < 4.78 is 0. The van der Waals surface area contributed by atoms with Crippen molar-refractivity contribution in [1.29, 1.82) is 0 Å². The maximum Gasteiger partial charge on any atom is 0.224 e. The van der Waals surface area contributed by atoms with E-state index in [9.17, 15) is 5.11 Å². The van der Waals surface area contributed by atoms with Crippen molar-refractivity contribution in [3.05, 3.63) is 11.2 Å². The minimum Gasteiger partial charge on any atom is -0.393 e. The van der Waals surface area contributed by atoms with Crippen LogP contribution >= 0.6 is 11.6 Å². The van der Waals surface area contributed by atoms with Crippen molar-refractivity contribution in [2.45, 2.75) is 31.8 Å². The standard InChI is InChI=1S/C12H19ClN4O/c1-14-12-16-7-9(13)11(17-12)15-6-8-4-2-3-5-10(8)18/h7-8,10,18H,2-6H2,1H3,(H2,14,15,16,17). The topological polar surface area (TPSA) is 70.1 Å². The van der Waals surface area contributed by atoms with Crippen molar-refractivity contribution >= 4 is 23.4 Å².